The number of halogens is 4. The third-order valence-electron chi connectivity index (χ3n) is 2.24. The van der Waals surface area contributed by atoms with Gasteiger partial charge >= 0.3 is 6.18 Å². The second-order valence-electron chi connectivity index (χ2n) is 3.35. The van der Waals surface area contributed by atoms with Crippen molar-refractivity contribution in [3.8, 4) is 0 Å². The van der Waals surface area contributed by atoms with E-state index < -0.39 is 11.7 Å². The van der Waals surface area contributed by atoms with E-state index >= 15 is 0 Å². The number of carbonyl (C=O) groups is 1. The molecule has 1 aromatic carbocycles. The van der Waals surface area contributed by atoms with E-state index in [4.69, 9.17) is 0 Å². The minimum atomic E-state index is -4.36. The van der Waals surface area contributed by atoms with E-state index in [-0.39, 0.29) is 10.6 Å². The normalized spacial score (nSPS) is 20.8. The Morgan fingerprint density at radius 1 is 1.38 bits per heavy atom. The van der Waals surface area contributed by atoms with Crippen molar-refractivity contribution in [1.82, 2.24) is 0 Å². The van der Waals surface area contributed by atoms with E-state index in [1.54, 1.807) is 0 Å². The molecule has 0 aromatic heterocycles. The van der Waals surface area contributed by atoms with Gasteiger partial charge in [-0.15, -0.1) is 11.8 Å². The molecule has 0 saturated carbocycles. The van der Waals surface area contributed by atoms with Crippen molar-refractivity contribution < 1.29 is 18.0 Å². The van der Waals surface area contributed by atoms with Gasteiger partial charge in [-0.3, -0.25) is 4.79 Å². The largest absolute Gasteiger partial charge is 0.416 e. The van der Waals surface area contributed by atoms with Crippen LogP contribution in [-0.4, -0.2) is 16.4 Å². The number of thioether (sulfide) groups is 1. The zero-order valence-electron chi connectivity index (χ0n) is 7.84. The van der Waals surface area contributed by atoms with Crippen LogP contribution in [0.15, 0.2) is 23.1 Å². The zero-order valence-corrected chi connectivity index (χ0v) is 10.2. The molecule has 0 amide bonds. The number of Topliss-reactive ketones (excluding diaryl/α,β-unsaturated/α-hetero) is 1. The number of alkyl halides is 4. The Balaban J connectivity index is 2.45. The third kappa shape index (κ3) is 2.13. The first kappa shape index (κ1) is 12.0. The number of hydrogen-bond donors (Lipinski definition) is 0. The summed E-state index contributed by atoms with van der Waals surface area (Å²) in [7, 11) is 0. The summed E-state index contributed by atoms with van der Waals surface area (Å²) in [5.41, 5.74) is -0.342. The molecule has 1 aromatic rings. The number of ketones is 1. The molecule has 86 valence electrons. The summed E-state index contributed by atoms with van der Waals surface area (Å²) in [6.07, 6.45) is -4.36. The molecule has 1 atom stereocenters. The fourth-order valence-corrected chi connectivity index (χ4v) is 3.08. The van der Waals surface area contributed by atoms with Gasteiger partial charge in [0.05, 0.1) is 10.4 Å². The zero-order chi connectivity index (χ0) is 11.9. The molecule has 0 radical (unpaired) electrons. The maximum Gasteiger partial charge on any atom is 0.416 e. The predicted molar refractivity (Wildman–Crippen MR) is 59.2 cm³/mol. The molecule has 0 saturated heterocycles. The van der Waals surface area contributed by atoms with Crippen LogP contribution in [0.5, 0.6) is 0 Å². The Hall–Kier alpha value is -0.490. The molecule has 1 aliphatic heterocycles. The van der Waals surface area contributed by atoms with Crippen LogP contribution in [0, 0.1) is 0 Å². The number of carbonyl (C=O) groups excluding carboxylic acids is 1. The van der Waals surface area contributed by atoms with Crippen LogP contribution in [0.3, 0.4) is 0 Å². The molecular formula is C10H6BrF3OS. The molecule has 0 aliphatic carbocycles. The van der Waals surface area contributed by atoms with Crippen molar-refractivity contribution in [3.63, 3.8) is 0 Å². The molecule has 0 N–H and O–H groups in total. The molecule has 6 heteroatoms. The highest BCUT2D eigenvalue weighted by Gasteiger charge is 2.33. The molecule has 1 unspecified atom stereocenters. The topological polar surface area (TPSA) is 17.1 Å². The molecule has 2 rings (SSSR count). The third-order valence-corrected chi connectivity index (χ3v) is 4.56. The van der Waals surface area contributed by atoms with Crippen molar-refractivity contribution in [1.29, 1.82) is 0 Å². The fourth-order valence-electron chi connectivity index (χ4n) is 1.43. The van der Waals surface area contributed by atoms with Crippen molar-refractivity contribution in [2.45, 2.75) is 15.9 Å². The minimum absolute atomic E-state index is 0.150. The van der Waals surface area contributed by atoms with E-state index in [2.05, 4.69) is 15.9 Å². The molecule has 0 bridgehead atoms. The molecule has 1 heterocycles. The SMILES string of the molecule is O=C1c2ccc(C(F)(F)F)cc2SCC1Br. The average Bonchev–Trinajstić information content (AvgIpc) is 2.22. The Labute approximate surface area is 103 Å². The monoisotopic (exact) mass is 310 g/mol. The standard InChI is InChI=1S/C10H6BrF3OS/c11-7-4-16-8-3-5(10(12,13)14)1-2-6(8)9(7)15/h1-3,7H,4H2. The number of benzene rings is 1. The van der Waals surface area contributed by atoms with Gasteiger partial charge in [0.1, 0.15) is 0 Å². The van der Waals surface area contributed by atoms with Crippen molar-refractivity contribution in [2.24, 2.45) is 0 Å². The van der Waals surface area contributed by atoms with Crippen LogP contribution in [0.1, 0.15) is 15.9 Å². The maximum atomic E-state index is 12.4. The Bertz CT molecular complexity index is 444. The van der Waals surface area contributed by atoms with Gasteiger partial charge in [0.25, 0.3) is 0 Å². The Morgan fingerprint density at radius 2 is 2.06 bits per heavy atom. The summed E-state index contributed by atoms with van der Waals surface area (Å²) in [4.78, 5) is 11.7. The van der Waals surface area contributed by atoms with Crippen molar-refractivity contribution in [2.75, 3.05) is 5.75 Å². The first-order chi connectivity index (χ1) is 7.39. The smallest absolute Gasteiger partial charge is 0.293 e. The van der Waals surface area contributed by atoms with Gasteiger partial charge in [-0.1, -0.05) is 15.9 Å². The Morgan fingerprint density at radius 3 is 2.69 bits per heavy atom. The second-order valence-corrected chi connectivity index (χ2v) is 5.52. The van der Waals surface area contributed by atoms with Gasteiger partial charge < -0.3 is 0 Å². The summed E-state index contributed by atoms with van der Waals surface area (Å²) in [5.74, 6) is 0.315. The van der Waals surface area contributed by atoms with Gasteiger partial charge in [0.15, 0.2) is 5.78 Å². The average molecular weight is 311 g/mol. The maximum absolute atomic E-state index is 12.4. The van der Waals surface area contributed by atoms with E-state index in [0.29, 0.717) is 16.2 Å². The second kappa shape index (κ2) is 4.07. The molecule has 1 aliphatic rings. The van der Waals surface area contributed by atoms with Crippen molar-refractivity contribution >= 4 is 33.5 Å². The fraction of sp³-hybridized carbons (Fsp3) is 0.300. The van der Waals surface area contributed by atoms with E-state index in [1.807, 2.05) is 0 Å². The summed E-state index contributed by atoms with van der Waals surface area (Å²) < 4.78 is 37.3. The van der Waals surface area contributed by atoms with Gasteiger partial charge in [-0.2, -0.15) is 13.2 Å². The predicted octanol–water partition coefficient (Wildman–Crippen LogP) is 3.76. The lowest BCUT2D eigenvalue weighted by molar-refractivity contribution is -0.137. The summed E-state index contributed by atoms with van der Waals surface area (Å²) in [5, 5.41) is 0. The van der Waals surface area contributed by atoms with Crippen molar-refractivity contribution in [3.05, 3.63) is 29.3 Å². The van der Waals surface area contributed by atoms with Crippen LogP contribution in [0.25, 0.3) is 0 Å². The highest BCUT2D eigenvalue weighted by Crippen LogP contribution is 2.37. The number of fused-ring (bicyclic) bond motifs is 1. The van der Waals surface area contributed by atoms with Crippen LogP contribution in [-0.2, 0) is 6.18 Å². The Kier molecular flexibility index (Phi) is 3.05. The quantitative estimate of drug-likeness (QED) is 0.679. The van der Waals surface area contributed by atoms with Crippen LogP contribution < -0.4 is 0 Å². The minimum Gasteiger partial charge on any atom is -0.293 e. The highest BCUT2D eigenvalue weighted by molar-refractivity contribution is 9.10. The van der Waals surface area contributed by atoms with Crippen LogP contribution >= 0.6 is 27.7 Å². The van der Waals surface area contributed by atoms with Gasteiger partial charge in [0.2, 0.25) is 0 Å². The summed E-state index contributed by atoms with van der Waals surface area (Å²) in [6, 6.07) is 3.24. The molecule has 0 spiro atoms. The molecule has 0 fully saturated rings. The van der Waals surface area contributed by atoms with E-state index in [9.17, 15) is 18.0 Å². The van der Waals surface area contributed by atoms with E-state index in [1.165, 1.54) is 17.8 Å². The highest BCUT2D eigenvalue weighted by atomic mass is 79.9. The van der Waals surface area contributed by atoms with Crippen LogP contribution in [0.2, 0.25) is 0 Å². The summed E-state index contributed by atoms with van der Waals surface area (Å²) in [6.45, 7) is 0. The molecular weight excluding hydrogens is 305 g/mol. The number of rotatable bonds is 0. The first-order valence-electron chi connectivity index (χ1n) is 4.42. The molecule has 16 heavy (non-hydrogen) atoms. The molecule has 1 nitrogen and oxygen atoms in total. The lowest BCUT2D eigenvalue weighted by atomic mass is 10.1. The van der Waals surface area contributed by atoms with Gasteiger partial charge in [0, 0.05) is 16.2 Å². The van der Waals surface area contributed by atoms with Gasteiger partial charge in [-0.05, 0) is 18.2 Å². The lowest BCUT2D eigenvalue weighted by Gasteiger charge is -2.19. The first-order valence-corrected chi connectivity index (χ1v) is 6.32. The lowest BCUT2D eigenvalue weighted by Crippen LogP contribution is -2.22. The van der Waals surface area contributed by atoms with Gasteiger partial charge in [-0.25, -0.2) is 0 Å². The summed E-state index contributed by atoms with van der Waals surface area (Å²) >= 11 is 4.45. The number of hydrogen-bond acceptors (Lipinski definition) is 2. The van der Waals surface area contributed by atoms with Crippen LogP contribution in [0.4, 0.5) is 13.2 Å². The van der Waals surface area contributed by atoms with E-state index in [0.717, 1.165) is 12.1 Å².